The van der Waals surface area contributed by atoms with Gasteiger partial charge in [0.25, 0.3) is 11.8 Å². The fourth-order valence-electron chi connectivity index (χ4n) is 4.48. The number of amides is 3. The molecule has 0 bridgehead atoms. The molecule has 0 saturated carbocycles. The fraction of sp³-hybridized carbons (Fsp3) is 0.520. The van der Waals surface area contributed by atoms with E-state index >= 15 is 0 Å². The Morgan fingerprint density at radius 2 is 1.78 bits per heavy atom. The van der Waals surface area contributed by atoms with Crippen LogP contribution in [0.5, 0.6) is 5.75 Å². The molecule has 2 fully saturated rings. The number of likely N-dealkylation sites (tertiary alicyclic amines) is 2. The molecule has 3 amide bonds. The van der Waals surface area contributed by atoms with E-state index < -0.39 is 18.1 Å². The number of rotatable bonds is 6. The summed E-state index contributed by atoms with van der Waals surface area (Å²) in [4.78, 5) is 44.3. The average molecular weight is 539 g/mol. The summed E-state index contributed by atoms with van der Waals surface area (Å²) in [7, 11) is 0. The second-order valence-electron chi connectivity index (χ2n) is 9.47. The average Bonchev–Trinajstić information content (AvgIpc) is 3.54. The van der Waals surface area contributed by atoms with E-state index in [1.807, 2.05) is 37.4 Å². The molecule has 200 valence electrons. The summed E-state index contributed by atoms with van der Waals surface area (Å²) in [5, 5.41) is 4.40. The van der Waals surface area contributed by atoms with Crippen molar-refractivity contribution in [2.45, 2.75) is 51.2 Å². The lowest BCUT2D eigenvalue weighted by Crippen LogP contribution is -2.44. The Labute approximate surface area is 216 Å². The molecule has 8 nitrogen and oxygen atoms in total. The maximum atomic E-state index is 12.8. The van der Waals surface area contributed by atoms with Gasteiger partial charge in [0.15, 0.2) is 6.61 Å². The molecular weight excluding hydrogens is 509 g/mol. The van der Waals surface area contributed by atoms with Gasteiger partial charge in [0.2, 0.25) is 0 Å². The molecule has 2 saturated heterocycles. The van der Waals surface area contributed by atoms with E-state index in [0.717, 1.165) is 16.1 Å². The van der Waals surface area contributed by atoms with Gasteiger partial charge >= 0.3 is 12.1 Å². The SMILES string of the molecule is Cc1ccc(OCC(=O)N2CCC(c3nc(C(=O)N4CCC(NC(=O)C(F)(F)F)C4)cs3)CC2)cc1C. The van der Waals surface area contributed by atoms with Crippen LogP contribution in [0.25, 0.3) is 0 Å². The highest BCUT2D eigenvalue weighted by Crippen LogP contribution is 2.31. The standard InChI is InChI=1S/C25H29F3N4O4S/c1-15-3-4-19(11-16(15)2)36-13-21(33)31-8-5-17(6-9-31)22-30-20(14-37-22)23(34)32-10-7-18(12-32)29-24(35)25(26,27)28/h3-4,11,14,17-18H,5-10,12-13H2,1-2H3,(H,29,35). The summed E-state index contributed by atoms with van der Waals surface area (Å²) in [6.07, 6.45) is -3.27. The van der Waals surface area contributed by atoms with Crippen LogP contribution in [-0.4, -0.2) is 77.5 Å². The Hall–Kier alpha value is -3.15. The molecule has 12 heteroatoms. The summed E-state index contributed by atoms with van der Waals surface area (Å²) >= 11 is 1.37. The number of carbonyl (C=O) groups excluding carboxylic acids is 3. The van der Waals surface area contributed by atoms with E-state index in [0.29, 0.717) is 31.7 Å². The first kappa shape index (κ1) is 26.9. The number of hydrogen-bond donors (Lipinski definition) is 1. The van der Waals surface area contributed by atoms with E-state index in [1.54, 1.807) is 10.3 Å². The zero-order valence-corrected chi connectivity index (χ0v) is 21.5. The minimum Gasteiger partial charge on any atom is -0.484 e. The van der Waals surface area contributed by atoms with Gasteiger partial charge in [0, 0.05) is 43.5 Å². The van der Waals surface area contributed by atoms with Crippen LogP contribution in [0.2, 0.25) is 0 Å². The third-order valence-electron chi connectivity index (χ3n) is 6.85. The predicted molar refractivity (Wildman–Crippen MR) is 131 cm³/mol. The van der Waals surface area contributed by atoms with Gasteiger partial charge in [-0.3, -0.25) is 14.4 Å². The van der Waals surface area contributed by atoms with Crippen LogP contribution in [0.15, 0.2) is 23.6 Å². The first-order valence-electron chi connectivity index (χ1n) is 12.1. The summed E-state index contributed by atoms with van der Waals surface area (Å²) in [5.74, 6) is -1.65. The van der Waals surface area contributed by atoms with Crippen LogP contribution in [-0.2, 0) is 9.59 Å². The smallest absolute Gasteiger partial charge is 0.471 e. The van der Waals surface area contributed by atoms with Crippen molar-refractivity contribution >= 4 is 29.1 Å². The number of ether oxygens (including phenoxy) is 1. The predicted octanol–water partition coefficient (Wildman–Crippen LogP) is 3.44. The quantitative estimate of drug-likeness (QED) is 0.609. The first-order chi connectivity index (χ1) is 17.5. The van der Waals surface area contributed by atoms with Crippen molar-refractivity contribution in [3.8, 4) is 5.75 Å². The fourth-order valence-corrected chi connectivity index (χ4v) is 5.45. The van der Waals surface area contributed by atoms with Crippen molar-refractivity contribution in [2.75, 3.05) is 32.8 Å². The van der Waals surface area contributed by atoms with Crippen LogP contribution < -0.4 is 10.1 Å². The molecule has 1 atom stereocenters. The monoisotopic (exact) mass is 538 g/mol. The largest absolute Gasteiger partial charge is 0.484 e. The molecule has 3 heterocycles. The Bertz CT molecular complexity index is 1160. The molecule has 0 spiro atoms. The zero-order chi connectivity index (χ0) is 26.7. The van der Waals surface area contributed by atoms with Gasteiger partial charge in [-0.1, -0.05) is 6.07 Å². The summed E-state index contributed by atoms with van der Waals surface area (Å²) in [6, 6.07) is 4.99. The molecule has 2 aromatic rings. The van der Waals surface area contributed by atoms with Gasteiger partial charge in [0.05, 0.1) is 5.01 Å². The third-order valence-corrected chi connectivity index (χ3v) is 7.85. The summed E-state index contributed by atoms with van der Waals surface area (Å²) in [5.41, 5.74) is 2.51. The number of piperidine rings is 1. The number of aryl methyl sites for hydroxylation is 2. The van der Waals surface area contributed by atoms with Gasteiger partial charge in [-0.15, -0.1) is 11.3 Å². The number of benzene rings is 1. The van der Waals surface area contributed by atoms with Crippen molar-refractivity contribution in [2.24, 2.45) is 0 Å². The number of nitrogens with one attached hydrogen (secondary N) is 1. The van der Waals surface area contributed by atoms with Crippen molar-refractivity contribution in [1.29, 1.82) is 0 Å². The highest BCUT2D eigenvalue weighted by atomic mass is 32.1. The molecule has 1 N–H and O–H groups in total. The van der Waals surface area contributed by atoms with Crippen molar-refractivity contribution in [3.05, 3.63) is 45.4 Å². The zero-order valence-electron chi connectivity index (χ0n) is 20.6. The summed E-state index contributed by atoms with van der Waals surface area (Å²) in [6.45, 7) is 5.37. The third kappa shape index (κ3) is 6.60. The second-order valence-corrected chi connectivity index (χ2v) is 10.4. The van der Waals surface area contributed by atoms with Crippen LogP contribution in [0.4, 0.5) is 13.2 Å². The van der Waals surface area contributed by atoms with Gasteiger partial charge < -0.3 is 19.9 Å². The number of aromatic nitrogens is 1. The normalized spacial score (nSPS) is 18.7. The molecule has 1 aromatic heterocycles. The van der Waals surface area contributed by atoms with Gasteiger partial charge in [-0.25, -0.2) is 4.98 Å². The molecule has 1 aromatic carbocycles. The molecular formula is C25H29F3N4O4S. The van der Waals surface area contributed by atoms with Crippen LogP contribution in [0.1, 0.15) is 51.8 Å². The Morgan fingerprint density at radius 1 is 1.08 bits per heavy atom. The minimum absolute atomic E-state index is 0.0121. The number of nitrogens with zero attached hydrogens (tertiary/aromatic N) is 3. The number of halogens is 3. The molecule has 2 aliphatic rings. The molecule has 0 radical (unpaired) electrons. The Balaban J connectivity index is 1.24. The Morgan fingerprint density at radius 3 is 2.46 bits per heavy atom. The van der Waals surface area contributed by atoms with Gasteiger partial charge in [-0.2, -0.15) is 13.2 Å². The topological polar surface area (TPSA) is 91.8 Å². The highest BCUT2D eigenvalue weighted by Gasteiger charge is 2.41. The van der Waals surface area contributed by atoms with Crippen molar-refractivity contribution in [3.63, 3.8) is 0 Å². The molecule has 1 unspecified atom stereocenters. The maximum absolute atomic E-state index is 12.8. The van der Waals surface area contributed by atoms with Gasteiger partial charge in [0.1, 0.15) is 11.4 Å². The van der Waals surface area contributed by atoms with Crippen molar-refractivity contribution < 1.29 is 32.3 Å². The maximum Gasteiger partial charge on any atom is 0.471 e. The minimum atomic E-state index is -4.95. The van der Waals surface area contributed by atoms with Crippen molar-refractivity contribution in [1.82, 2.24) is 20.1 Å². The molecule has 2 aliphatic heterocycles. The van der Waals surface area contributed by atoms with Crippen LogP contribution in [0.3, 0.4) is 0 Å². The lowest BCUT2D eigenvalue weighted by Gasteiger charge is -2.31. The van der Waals surface area contributed by atoms with E-state index in [4.69, 9.17) is 4.74 Å². The van der Waals surface area contributed by atoms with E-state index in [2.05, 4.69) is 4.98 Å². The van der Waals surface area contributed by atoms with E-state index in [1.165, 1.54) is 16.2 Å². The highest BCUT2D eigenvalue weighted by molar-refractivity contribution is 7.09. The number of thiazole rings is 1. The van der Waals surface area contributed by atoms with Crippen LogP contribution >= 0.6 is 11.3 Å². The van der Waals surface area contributed by atoms with E-state index in [9.17, 15) is 27.6 Å². The molecule has 37 heavy (non-hydrogen) atoms. The van der Waals surface area contributed by atoms with E-state index in [-0.39, 0.29) is 49.5 Å². The lowest BCUT2D eigenvalue weighted by atomic mass is 9.97. The van der Waals surface area contributed by atoms with Crippen LogP contribution in [0, 0.1) is 13.8 Å². The lowest BCUT2D eigenvalue weighted by molar-refractivity contribution is -0.174. The molecule has 4 rings (SSSR count). The summed E-state index contributed by atoms with van der Waals surface area (Å²) < 4.78 is 43.1. The second kappa shape index (κ2) is 11.1. The number of carbonyl (C=O) groups is 3. The molecule has 0 aliphatic carbocycles. The Kier molecular flexibility index (Phi) is 8.05. The first-order valence-corrected chi connectivity index (χ1v) is 13.0. The van der Waals surface area contributed by atoms with Gasteiger partial charge in [-0.05, 0) is 56.4 Å². The number of hydrogen-bond acceptors (Lipinski definition) is 6. The number of alkyl halides is 3.